The summed E-state index contributed by atoms with van der Waals surface area (Å²) in [6.45, 7) is 4.19. The van der Waals surface area contributed by atoms with E-state index < -0.39 is 0 Å². The van der Waals surface area contributed by atoms with Crippen LogP contribution in [0.1, 0.15) is 36.0 Å². The van der Waals surface area contributed by atoms with E-state index in [-0.39, 0.29) is 5.91 Å². The van der Waals surface area contributed by atoms with E-state index in [0.717, 1.165) is 30.4 Å². The van der Waals surface area contributed by atoms with Gasteiger partial charge in [-0.15, -0.1) is 0 Å². The zero-order chi connectivity index (χ0) is 14.8. The number of carbonyl (C=O) groups is 1. The third kappa shape index (κ3) is 3.43. The Labute approximate surface area is 139 Å². The molecule has 3 rings (SSSR count). The first-order valence-corrected chi connectivity index (χ1v) is 8.80. The molecule has 0 aromatic heterocycles. The summed E-state index contributed by atoms with van der Waals surface area (Å²) >= 11 is 9.38. The number of halogens is 2. The SMILES string of the molecule is O=C(c1ccc(Cl)cc1Br)N1CCC(N2CCCC2)CC1. The smallest absolute Gasteiger partial charge is 0.255 e. The molecule has 2 fully saturated rings. The van der Waals surface area contributed by atoms with Crippen LogP contribution >= 0.6 is 27.5 Å². The molecule has 1 aromatic carbocycles. The third-order valence-electron chi connectivity index (χ3n) is 4.57. The highest BCUT2D eigenvalue weighted by atomic mass is 79.9. The average molecular weight is 372 g/mol. The van der Waals surface area contributed by atoms with Gasteiger partial charge in [0, 0.05) is 28.6 Å². The van der Waals surface area contributed by atoms with Crippen molar-refractivity contribution in [3.05, 3.63) is 33.3 Å². The molecule has 21 heavy (non-hydrogen) atoms. The minimum absolute atomic E-state index is 0.110. The molecule has 0 unspecified atom stereocenters. The summed E-state index contributed by atoms with van der Waals surface area (Å²) in [4.78, 5) is 17.2. The molecule has 0 aliphatic carbocycles. The second-order valence-corrected chi connectivity index (χ2v) is 7.18. The second kappa shape index (κ2) is 6.67. The maximum absolute atomic E-state index is 12.6. The Morgan fingerprint density at radius 3 is 2.43 bits per heavy atom. The lowest BCUT2D eigenvalue weighted by atomic mass is 10.0. The predicted octanol–water partition coefficient (Wildman–Crippen LogP) is 3.80. The Morgan fingerprint density at radius 2 is 1.81 bits per heavy atom. The van der Waals surface area contributed by atoms with E-state index in [1.807, 2.05) is 4.90 Å². The fourth-order valence-electron chi connectivity index (χ4n) is 3.37. The molecule has 2 aliphatic rings. The van der Waals surface area contributed by atoms with E-state index in [2.05, 4.69) is 20.8 Å². The third-order valence-corrected chi connectivity index (χ3v) is 5.46. The molecule has 1 amide bonds. The number of carbonyl (C=O) groups excluding carboxylic acids is 1. The van der Waals surface area contributed by atoms with Gasteiger partial charge in [-0.1, -0.05) is 11.6 Å². The summed E-state index contributed by atoms with van der Waals surface area (Å²) in [5.74, 6) is 0.110. The van der Waals surface area contributed by atoms with Crippen LogP contribution < -0.4 is 0 Å². The molecule has 1 aromatic rings. The van der Waals surface area contributed by atoms with Gasteiger partial charge in [0.25, 0.3) is 5.91 Å². The molecule has 0 bridgehead atoms. The van der Waals surface area contributed by atoms with Crippen molar-refractivity contribution in [3.8, 4) is 0 Å². The van der Waals surface area contributed by atoms with Crippen molar-refractivity contribution in [2.75, 3.05) is 26.2 Å². The average Bonchev–Trinajstić information content (AvgIpc) is 3.01. The minimum atomic E-state index is 0.110. The number of piperidine rings is 1. The van der Waals surface area contributed by atoms with E-state index in [1.54, 1.807) is 18.2 Å². The zero-order valence-corrected chi connectivity index (χ0v) is 14.4. The summed E-state index contributed by atoms with van der Waals surface area (Å²) in [6, 6.07) is 6.04. The molecule has 0 N–H and O–H groups in total. The quantitative estimate of drug-likeness (QED) is 0.789. The van der Waals surface area contributed by atoms with Gasteiger partial charge >= 0.3 is 0 Å². The van der Waals surface area contributed by atoms with Crippen LogP contribution in [0, 0.1) is 0 Å². The van der Waals surface area contributed by atoms with Crippen LogP contribution in [-0.2, 0) is 0 Å². The Balaban J connectivity index is 1.62. The van der Waals surface area contributed by atoms with Gasteiger partial charge < -0.3 is 9.80 Å². The van der Waals surface area contributed by atoms with Crippen LogP contribution in [0.4, 0.5) is 0 Å². The maximum Gasteiger partial charge on any atom is 0.255 e. The van der Waals surface area contributed by atoms with Crippen LogP contribution in [0.15, 0.2) is 22.7 Å². The molecule has 0 radical (unpaired) electrons. The van der Waals surface area contributed by atoms with Gasteiger partial charge in [-0.25, -0.2) is 0 Å². The summed E-state index contributed by atoms with van der Waals surface area (Å²) in [5.41, 5.74) is 0.707. The maximum atomic E-state index is 12.6. The van der Waals surface area contributed by atoms with Crippen molar-refractivity contribution in [1.29, 1.82) is 0 Å². The van der Waals surface area contributed by atoms with E-state index in [0.29, 0.717) is 16.6 Å². The Kier molecular flexibility index (Phi) is 4.87. The van der Waals surface area contributed by atoms with Gasteiger partial charge in [0.2, 0.25) is 0 Å². The molecule has 0 atom stereocenters. The normalized spacial score (nSPS) is 21.0. The number of nitrogens with zero attached hydrogens (tertiary/aromatic N) is 2. The molecule has 5 heteroatoms. The van der Waals surface area contributed by atoms with E-state index in [4.69, 9.17) is 11.6 Å². The minimum Gasteiger partial charge on any atom is -0.338 e. The van der Waals surface area contributed by atoms with Crippen molar-refractivity contribution >= 4 is 33.4 Å². The van der Waals surface area contributed by atoms with Crippen LogP contribution in [0.2, 0.25) is 5.02 Å². The first kappa shape index (κ1) is 15.3. The van der Waals surface area contributed by atoms with E-state index in [1.165, 1.54) is 25.9 Å². The largest absolute Gasteiger partial charge is 0.338 e. The number of amides is 1. The molecule has 3 nitrogen and oxygen atoms in total. The van der Waals surface area contributed by atoms with Gasteiger partial charge in [-0.2, -0.15) is 0 Å². The lowest BCUT2D eigenvalue weighted by Crippen LogP contribution is -2.45. The zero-order valence-electron chi connectivity index (χ0n) is 12.0. The molecular weight excluding hydrogens is 352 g/mol. The highest BCUT2D eigenvalue weighted by Gasteiger charge is 2.29. The fraction of sp³-hybridized carbons (Fsp3) is 0.562. The van der Waals surface area contributed by atoms with Gasteiger partial charge in [-0.3, -0.25) is 4.79 Å². The van der Waals surface area contributed by atoms with Crippen molar-refractivity contribution < 1.29 is 4.79 Å². The first-order valence-electron chi connectivity index (χ1n) is 7.63. The number of benzene rings is 1. The number of hydrogen-bond acceptors (Lipinski definition) is 2. The Bertz CT molecular complexity index is 523. The lowest BCUT2D eigenvalue weighted by molar-refractivity contribution is 0.0643. The molecule has 0 spiro atoms. The van der Waals surface area contributed by atoms with Gasteiger partial charge in [0.05, 0.1) is 5.56 Å². The first-order chi connectivity index (χ1) is 10.1. The number of likely N-dealkylation sites (tertiary alicyclic amines) is 2. The van der Waals surface area contributed by atoms with Gasteiger partial charge in [-0.05, 0) is 72.9 Å². The fourth-order valence-corrected chi connectivity index (χ4v) is 4.23. The van der Waals surface area contributed by atoms with Gasteiger partial charge in [0.15, 0.2) is 0 Å². The Morgan fingerprint density at radius 1 is 1.14 bits per heavy atom. The van der Waals surface area contributed by atoms with Crippen LogP contribution in [0.5, 0.6) is 0 Å². The predicted molar refractivity (Wildman–Crippen MR) is 88.9 cm³/mol. The van der Waals surface area contributed by atoms with Crippen molar-refractivity contribution in [2.24, 2.45) is 0 Å². The molecular formula is C16H20BrClN2O. The molecule has 114 valence electrons. The summed E-state index contributed by atoms with van der Waals surface area (Å²) in [5, 5.41) is 0.645. The number of rotatable bonds is 2. The summed E-state index contributed by atoms with van der Waals surface area (Å²) < 4.78 is 0.779. The monoisotopic (exact) mass is 370 g/mol. The summed E-state index contributed by atoms with van der Waals surface area (Å²) in [6.07, 6.45) is 4.85. The van der Waals surface area contributed by atoms with E-state index in [9.17, 15) is 4.79 Å². The second-order valence-electron chi connectivity index (χ2n) is 5.89. The highest BCUT2D eigenvalue weighted by Crippen LogP contribution is 2.26. The van der Waals surface area contributed by atoms with Crippen LogP contribution in [-0.4, -0.2) is 47.9 Å². The molecule has 2 saturated heterocycles. The van der Waals surface area contributed by atoms with Crippen LogP contribution in [0.3, 0.4) is 0 Å². The van der Waals surface area contributed by atoms with Crippen molar-refractivity contribution in [2.45, 2.75) is 31.7 Å². The van der Waals surface area contributed by atoms with Crippen molar-refractivity contribution in [1.82, 2.24) is 9.80 Å². The molecule has 2 aliphatic heterocycles. The van der Waals surface area contributed by atoms with Crippen LogP contribution in [0.25, 0.3) is 0 Å². The van der Waals surface area contributed by atoms with Crippen molar-refractivity contribution in [3.63, 3.8) is 0 Å². The van der Waals surface area contributed by atoms with Gasteiger partial charge in [0.1, 0.15) is 0 Å². The topological polar surface area (TPSA) is 23.6 Å². The standard InChI is InChI=1S/C16H20BrClN2O/c17-15-11-12(18)3-4-14(15)16(21)20-9-5-13(6-10-20)19-7-1-2-8-19/h3-4,11,13H,1-2,5-10H2. The number of hydrogen-bond donors (Lipinski definition) is 0. The summed E-state index contributed by atoms with van der Waals surface area (Å²) in [7, 11) is 0. The molecule has 0 saturated carbocycles. The van der Waals surface area contributed by atoms with E-state index >= 15 is 0 Å². The molecule has 2 heterocycles. The lowest BCUT2D eigenvalue weighted by Gasteiger charge is -2.36. The highest BCUT2D eigenvalue weighted by molar-refractivity contribution is 9.10. The Hall–Kier alpha value is -0.580.